The van der Waals surface area contributed by atoms with Crippen LogP contribution in [0, 0.1) is 11.3 Å². The molecule has 3 aliphatic carbocycles. The summed E-state index contributed by atoms with van der Waals surface area (Å²) < 4.78 is 35.6. The van der Waals surface area contributed by atoms with Crippen LogP contribution >= 0.6 is 0 Å². The number of aliphatic hydroxyl groups excluding tert-OH is 3. The van der Waals surface area contributed by atoms with Crippen molar-refractivity contribution in [1.82, 2.24) is 0 Å². The van der Waals surface area contributed by atoms with E-state index in [1.807, 2.05) is 0 Å². The number of benzene rings is 2. The zero-order valence-electron chi connectivity index (χ0n) is 23.1. The van der Waals surface area contributed by atoms with Crippen molar-refractivity contribution >= 4 is 11.9 Å². The summed E-state index contributed by atoms with van der Waals surface area (Å²) >= 11 is 0. The third-order valence-corrected chi connectivity index (χ3v) is 9.87. The fourth-order valence-corrected chi connectivity index (χ4v) is 7.70. The minimum absolute atomic E-state index is 0.0331. The van der Waals surface area contributed by atoms with Crippen molar-refractivity contribution in [2.75, 3.05) is 13.2 Å². The van der Waals surface area contributed by atoms with E-state index in [4.69, 9.17) is 28.4 Å². The summed E-state index contributed by atoms with van der Waals surface area (Å²) in [5, 5.41) is 53.1. The molecule has 4 heterocycles. The van der Waals surface area contributed by atoms with Crippen LogP contribution in [0.3, 0.4) is 0 Å². The molecule has 4 aliphatic heterocycles. The third kappa shape index (κ3) is 3.93. The van der Waals surface area contributed by atoms with Crippen molar-refractivity contribution in [1.29, 1.82) is 0 Å². The molecule has 0 amide bonds. The van der Waals surface area contributed by atoms with Gasteiger partial charge in [0.05, 0.1) is 16.5 Å². The van der Waals surface area contributed by atoms with Gasteiger partial charge in [-0.3, -0.25) is 0 Å². The number of aromatic hydroxyl groups is 1. The number of carbonyl (C=O) groups excluding carboxylic acids is 2. The number of phenols is 1. The Balaban J connectivity index is 1.12. The highest BCUT2D eigenvalue weighted by Crippen LogP contribution is 2.81. The third-order valence-electron chi connectivity index (χ3n) is 9.87. The monoisotopic (exact) mass is 600 g/mol. The lowest BCUT2D eigenvalue weighted by molar-refractivity contribution is -0.424. The minimum atomic E-state index is -1.72. The van der Waals surface area contributed by atoms with Gasteiger partial charge in [-0.2, -0.15) is 0 Å². The zero-order chi connectivity index (χ0) is 30.4. The molecular weight excluding hydrogens is 568 g/mol. The molecule has 9 rings (SSSR count). The van der Waals surface area contributed by atoms with Crippen LogP contribution in [0.2, 0.25) is 0 Å². The fraction of sp³-hybridized carbons (Fsp3) is 0.533. The second-order valence-corrected chi connectivity index (χ2v) is 12.2. The van der Waals surface area contributed by atoms with Crippen molar-refractivity contribution in [3.05, 3.63) is 65.7 Å². The standard InChI is InChI=1S/C30H32O13/c1-27-13-29(37)19-11-30(27,28(19,26(42-27)43-29)14-39-24(36)15-5-3-2-4-6-15)41-25-22(34)21(33)20(32)18(40-25)12-38-23(35)16-7-9-17(31)10-8-16/h2-10,18-22,25-26,31-34,37H,11-14H2,1H3/t18-,19-,20-,21+,22-,25+,26?,27+,28+,29-,30+/m1/s1. The summed E-state index contributed by atoms with van der Waals surface area (Å²) in [5.41, 5.74) is -3.12. The maximum atomic E-state index is 12.9. The average molecular weight is 601 g/mol. The molecule has 7 fully saturated rings. The SMILES string of the molecule is C[C@@]12C[C@@]3(O)OC(O1)[C@]1(COC(=O)c4ccccc4)[C@H]3C[C@]21O[C@@H]1O[C@H](COC(=O)c2ccc(O)cc2)[C@@H](O)[C@H](O)[C@H]1O. The molecule has 7 aliphatic rings. The lowest BCUT2D eigenvalue weighted by atomic mass is 9.41. The van der Waals surface area contributed by atoms with E-state index in [9.17, 15) is 35.1 Å². The Hall–Kier alpha value is -3.14. The van der Waals surface area contributed by atoms with E-state index < -0.39 is 83.9 Å². The average Bonchev–Trinajstić information content (AvgIpc) is 3.18. The largest absolute Gasteiger partial charge is 0.508 e. The highest BCUT2D eigenvalue weighted by molar-refractivity contribution is 5.89. The van der Waals surface area contributed by atoms with Gasteiger partial charge in [0, 0.05) is 12.3 Å². The number of hydrogen-bond donors (Lipinski definition) is 5. The summed E-state index contributed by atoms with van der Waals surface area (Å²) in [7, 11) is 0. The molecule has 13 heteroatoms. The highest BCUT2D eigenvalue weighted by Gasteiger charge is 2.94. The minimum Gasteiger partial charge on any atom is -0.508 e. The molecule has 0 spiro atoms. The predicted molar refractivity (Wildman–Crippen MR) is 140 cm³/mol. The first-order valence-electron chi connectivity index (χ1n) is 14.1. The number of esters is 2. The Morgan fingerprint density at radius 2 is 1.58 bits per heavy atom. The van der Waals surface area contributed by atoms with Gasteiger partial charge in [-0.05, 0) is 49.7 Å². The molecule has 0 aromatic heterocycles. The molecule has 4 saturated heterocycles. The van der Waals surface area contributed by atoms with E-state index in [1.165, 1.54) is 24.3 Å². The number of hydrogen-bond acceptors (Lipinski definition) is 13. The Labute approximate surface area is 245 Å². The number of phenolic OH excluding ortho intramolecular Hbond substituents is 1. The van der Waals surface area contributed by atoms with E-state index in [1.54, 1.807) is 37.3 Å². The maximum Gasteiger partial charge on any atom is 0.338 e. The summed E-state index contributed by atoms with van der Waals surface area (Å²) in [4.78, 5) is 25.4. The normalized spacial score (nSPS) is 43.7. The van der Waals surface area contributed by atoms with Crippen LogP contribution in [0.4, 0.5) is 0 Å². The number of ether oxygens (including phenoxy) is 6. The van der Waals surface area contributed by atoms with Crippen molar-refractivity contribution in [3.63, 3.8) is 0 Å². The van der Waals surface area contributed by atoms with E-state index in [2.05, 4.69) is 0 Å². The lowest BCUT2D eigenvalue weighted by Gasteiger charge is -2.67. The smallest absolute Gasteiger partial charge is 0.338 e. The van der Waals surface area contributed by atoms with E-state index >= 15 is 0 Å². The molecule has 5 N–H and O–H groups in total. The van der Waals surface area contributed by atoms with Crippen LogP contribution in [0.25, 0.3) is 0 Å². The molecule has 11 atom stereocenters. The molecule has 3 saturated carbocycles. The summed E-state index contributed by atoms with van der Waals surface area (Å²) in [6.07, 6.45) is -8.60. The first-order valence-corrected chi connectivity index (χ1v) is 14.1. The van der Waals surface area contributed by atoms with Gasteiger partial charge in [-0.15, -0.1) is 0 Å². The van der Waals surface area contributed by atoms with E-state index in [-0.39, 0.29) is 30.8 Å². The number of aliphatic hydroxyl groups is 4. The van der Waals surface area contributed by atoms with E-state index in [0.717, 1.165) is 0 Å². The van der Waals surface area contributed by atoms with Gasteiger partial charge in [0.25, 0.3) is 0 Å². The summed E-state index contributed by atoms with van der Waals surface area (Å²) in [6, 6.07) is 13.8. The van der Waals surface area contributed by atoms with Gasteiger partial charge < -0.3 is 54.0 Å². The molecule has 0 radical (unpaired) electrons. The molecule has 2 aromatic carbocycles. The molecule has 43 heavy (non-hydrogen) atoms. The van der Waals surface area contributed by atoms with E-state index in [0.29, 0.717) is 5.56 Å². The molecule has 6 bridgehead atoms. The van der Waals surface area contributed by atoms with Gasteiger partial charge in [0.1, 0.15) is 54.6 Å². The molecule has 2 aromatic rings. The van der Waals surface area contributed by atoms with Gasteiger partial charge in [-0.25, -0.2) is 9.59 Å². The Morgan fingerprint density at radius 1 is 0.907 bits per heavy atom. The Kier molecular flexibility index (Phi) is 6.44. The predicted octanol–water partition coefficient (Wildman–Crippen LogP) is 0.213. The fourth-order valence-electron chi connectivity index (χ4n) is 7.70. The molecule has 230 valence electrons. The number of rotatable bonds is 8. The second-order valence-electron chi connectivity index (χ2n) is 12.2. The zero-order valence-corrected chi connectivity index (χ0v) is 23.1. The quantitative estimate of drug-likeness (QED) is 0.259. The van der Waals surface area contributed by atoms with Crippen molar-refractivity contribution < 1.29 is 63.5 Å². The van der Waals surface area contributed by atoms with Gasteiger partial charge in [0.2, 0.25) is 0 Å². The maximum absolute atomic E-state index is 12.9. The van der Waals surface area contributed by atoms with Gasteiger partial charge in [-0.1, -0.05) is 18.2 Å². The number of carbonyl (C=O) groups is 2. The first-order chi connectivity index (χ1) is 20.4. The molecule has 1 unspecified atom stereocenters. The van der Waals surface area contributed by atoms with Gasteiger partial charge >= 0.3 is 11.9 Å². The van der Waals surface area contributed by atoms with Crippen LogP contribution in [-0.4, -0.2) is 105 Å². The Morgan fingerprint density at radius 3 is 2.30 bits per heavy atom. The van der Waals surface area contributed by atoms with Crippen LogP contribution in [0.1, 0.15) is 40.5 Å². The van der Waals surface area contributed by atoms with Crippen LogP contribution in [0.15, 0.2) is 54.6 Å². The van der Waals surface area contributed by atoms with Crippen LogP contribution in [-0.2, 0) is 28.4 Å². The topological polar surface area (TPSA) is 191 Å². The highest BCUT2D eigenvalue weighted by atomic mass is 16.8. The molecule has 13 nitrogen and oxygen atoms in total. The van der Waals surface area contributed by atoms with Crippen molar-refractivity contribution in [2.24, 2.45) is 11.3 Å². The van der Waals surface area contributed by atoms with Crippen LogP contribution in [0.5, 0.6) is 5.75 Å². The lowest BCUT2D eigenvalue weighted by Crippen LogP contribution is -2.80. The summed E-state index contributed by atoms with van der Waals surface area (Å²) in [5.74, 6) is -3.44. The summed E-state index contributed by atoms with van der Waals surface area (Å²) in [6.45, 7) is 1.02. The molecular formula is C30H32O13. The Bertz CT molecular complexity index is 1420. The van der Waals surface area contributed by atoms with Gasteiger partial charge in [0.15, 0.2) is 18.4 Å². The first kappa shape index (κ1) is 28.6. The van der Waals surface area contributed by atoms with Crippen molar-refractivity contribution in [2.45, 2.75) is 73.8 Å². The van der Waals surface area contributed by atoms with Crippen molar-refractivity contribution in [3.8, 4) is 5.75 Å². The second kappa shape index (κ2) is 9.68. The van der Waals surface area contributed by atoms with Crippen LogP contribution < -0.4 is 0 Å².